The number of nitrogens with one attached hydrogen (secondary N) is 2. The third-order valence-electron chi connectivity index (χ3n) is 9.44. The minimum atomic E-state index is -4.43. The van der Waals surface area contributed by atoms with Gasteiger partial charge in [0.1, 0.15) is 0 Å². The fraction of sp³-hybridized carbons (Fsp3) is 0.500. The van der Waals surface area contributed by atoms with Crippen LogP contribution in [0.2, 0.25) is 0 Å². The Kier molecular flexibility index (Phi) is 8.55. The minimum Gasteiger partial charge on any atom is -0.322 e. The van der Waals surface area contributed by atoms with Gasteiger partial charge in [-0.15, -0.1) is 0 Å². The average molecular weight is 584 g/mol. The van der Waals surface area contributed by atoms with Crippen LogP contribution in [0.25, 0.3) is 0 Å². The molecular formula is C32H40F3N5O2. The van der Waals surface area contributed by atoms with Crippen LogP contribution in [0, 0.1) is 24.2 Å². The molecule has 2 aromatic rings. The van der Waals surface area contributed by atoms with Gasteiger partial charge in [-0.2, -0.15) is 13.2 Å². The number of aryl methyl sites for hydroxylation is 1. The van der Waals surface area contributed by atoms with Crippen molar-refractivity contribution in [3.63, 3.8) is 0 Å². The molecule has 226 valence electrons. The van der Waals surface area contributed by atoms with Crippen LogP contribution < -0.4 is 10.6 Å². The van der Waals surface area contributed by atoms with E-state index in [1.807, 2.05) is 31.2 Å². The summed E-state index contributed by atoms with van der Waals surface area (Å²) in [5, 5.41) is 5.80. The fourth-order valence-corrected chi connectivity index (χ4v) is 6.42. The second kappa shape index (κ2) is 12.0. The molecule has 0 radical (unpaired) electrons. The number of para-hydroxylation sites is 1. The van der Waals surface area contributed by atoms with E-state index in [2.05, 4.69) is 35.5 Å². The summed E-state index contributed by atoms with van der Waals surface area (Å²) in [6, 6.07) is 11.8. The number of amides is 4. The number of piperazine rings is 1. The smallest absolute Gasteiger partial charge is 0.322 e. The zero-order chi connectivity index (χ0) is 30.1. The molecule has 1 heterocycles. The molecule has 0 spiro atoms. The number of hydrogen-bond acceptors (Lipinski definition) is 3. The van der Waals surface area contributed by atoms with Gasteiger partial charge in [0.25, 0.3) is 0 Å². The minimum absolute atomic E-state index is 0.118. The highest BCUT2D eigenvalue weighted by atomic mass is 19.4. The zero-order valence-corrected chi connectivity index (χ0v) is 24.5. The van der Waals surface area contributed by atoms with Crippen LogP contribution in [0.4, 0.5) is 34.1 Å². The number of allylic oxidation sites excluding steroid dienone is 1. The normalized spacial score (nSPS) is 21.7. The summed E-state index contributed by atoms with van der Waals surface area (Å²) in [6.45, 7) is 10.7. The number of benzene rings is 2. The van der Waals surface area contributed by atoms with Crippen LogP contribution in [0.1, 0.15) is 37.8 Å². The first-order valence-electron chi connectivity index (χ1n) is 14.7. The molecule has 4 aliphatic rings. The number of alkyl halides is 3. The Morgan fingerprint density at radius 1 is 1.00 bits per heavy atom. The molecule has 0 aromatic heterocycles. The van der Waals surface area contributed by atoms with E-state index in [4.69, 9.17) is 0 Å². The third kappa shape index (κ3) is 6.59. The highest BCUT2D eigenvalue weighted by Crippen LogP contribution is 2.59. The standard InChI is InChI=1S/C32H40F3N5O2/c1-22-6-4-5-7-28(22)37-30(42)39-17-14-38(15-18-39)16-19-40(21-23-8-9-25-20-27(23)31(25,2)3)29(41)36-26-12-10-24(11-13-26)32(33,34)35/h4-8,10-13,25,27H,9,14-21H2,1-3H3,(H,36,41)(H,37,42). The summed E-state index contributed by atoms with van der Waals surface area (Å²) in [5.74, 6) is 1.12. The van der Waals surface area contributed by atoms with Gasteiger partial charge in [-0.3, -0.25) is 4.90 Å². The monoisotopic (exact) mass is 583 g/mol. The molecule has 1 saturated heterocycles. The maximum absolute atomic E-state index is 13.4. The molecule has 7 nitrogen and oxygen atoms in total. The van der Waals surface area contributed by atoms with E-state index >= 15 is 0 Å². The summed E-state index contributed by atoms with van der Waals surface area (Å²) in [6.07, 6.45) is -0.00553. The zero-order valence-electron chi connectivity index (χ0n) is 24.5. The lowest BCUT2D eigenvalue weighted by Crippen LogP contribution is -2.53. The van der Waals surface area contributed by atoms with E-state index < -0.39 is 11.7 Å². The van der Waals surface area contributed by atoms with Gasteiger partial charge in [0.2, 0.25) is 0 Å². The summed E-state index contributed by atoms with van der Waals surface area (Å²) in [5.41, 5.74) is 2.87. The summed E-state index contributed by atoms with van der Waals surface area (Å²) >= 11 is 0. The van der Waals surface area contributed by atoms with E-state index in [1.165, 1.54) is 17.7 Å². The van der Waals surface area contributed by atoms with Gasteiger partial charge in [-0.1, -0.05) is 43.7 Å². The highest BCUT2D eigenvalue weighted by molar-refractivity contribution is 5.90. The Labute approximate surface area is 245 Å². The van der Waals surface area contributed by atoms with Crippen molar-refractivity contribution in [1.82, 2.24) is 14.7 Å². The highest BCUT2D eigenvalue weighted by Gasteiger charge is 2.51. The molecule has 2 aromatic carbocycles. The molecular weight excluding hydrogens is 543 g/mol. The SMILES string of the molecule is Cc1ccccc1NC(=O)N1CCN(CCN(CC2=CCC3CC2C3(C)C)C(=O)Nc2ccc(C(F)(F)F)cc2)CC1. The Bertz CT molecular complexity index is 1320. The molecule has 2 unspecified atom stereocenters. The number of rotatable bonds is 7. The molecule has 6 rings (SSSR count). The Balaban J connectivity index is 1.19. The van der Waals surface area contributed by atoms with Crippen molar-refractivity contribution in [1.29, 1.82) is 0 Å². The van der Waals surface area contributed by atoms with Crippen LogP contribution in [-0.2, 0) is 6.18 Å². The number of hydrogen-bond donors (Lipinski definition) is 2. The van der Waals surface area contributed by atoms with Crippen molar-refractivity contribution >= 4 is 23.4 Å². The molecule has 4 amide bonds. The van der Waals surface area contributed by atoms with E-state index in [-0.39, 0.29) is 17.5 Å². The summed E-state index contributed by atoms with van der Waals surface area (Å²) in [7, 11) is 0. The van der Waals surface area contributed by atoms with Crippen LogP contribution in [0.5, 0.6) is 0 Å². The lowest BCUT2D eigenvalue weighted by molar-refractivity contribution is -0.137. The molecule has 1 saturated carbocycles. The van der Waals surface area contributed by atoms with Gasteiger partial charge >= 0.3 is 18.2 Å². The molecule has 10 heteroatoms. The lowest BCUT2D eigenvalue weighted by atomic mass is 9.49. The third-order valence-corrected chi connectivity index (χ3v) is 9.44. The number of carbonyl (C=O) groups excluding carboxylic acids is 2. The Hall–Kier alpha value is -3.53. The van der Waals surface area contributed by atoms with E-state index in [0.29, 0.717) is 63.3 Å². The maximum atomic E-state index is 13.4. The lowest BCUT2D eigenvalue weighted by Gasteiger charge is -2.57. The van der Waals surface area contributed by atoms with Crippen molar-refractivity contribution in [3.05, 3.63) is 71.3 Å². The molecule has 1 aliphatic heterocycles. The van der Waals surface area contributed by atoms with Gasteiger partial charge in [0.15, 0.2) is 0 Å². The molecule has 2 fully saturated rings. The molecule has 2 N–H and O–H groups in total. The summed E-state index contributed by atoms with van der Waals surface area (Å²) < 4.78 is 39.0. The van der Waals surface area contributed by atoms with Gasteiger partial charge < -0.3 is 20.4 Å². The number of nitrogens with zero attached hydrogens (tertiary/aromatic N) is 3. The van der Waals surface area contributed by atoms with Crippen LogP contribution >= 0.6 is 0 Å². The van der Waals surface area contributed by atoms with Gasteiger partial charge in [0, 0.05) is 57.2 Å². The van der Waals surface area contributed by atoms with Crippen molar-refractivity contribution < 1.29 is 22.8 Å². The first-order valence-corrected chi connectivity index (χ1v) is 14.7. The maximum Gasteiger partial charge on any atom is 0.416 e. The Morgan fingerprint density at radius 3 is 2.31 bits per heavy atom. The molecule has 2 bridgehead atoms. The van der Waals surface area contributed by atoms with E-state index in [9.17, 15) is 22.8 Å². The molecule has 2 atom stereocenters. The topological polar surface area (TPSA) is 67.9 Å². The van der Waals surface area contributed by atoms with Crippen LogP contribution in [0.3, 0.4) is 0 Å². The number of fused-ring (bicyclic) bond motifs is 1. The number of halogens is 3. The molecule has 3 aliphatic carbocycles. The number of carbonyl (C=O) groups is 2. The van der Waals surface area contributed by atoms with Crippen molar-refractivity contribution in [2.45, 2.75) is 39.8 Å². The second-order valence-corrected chi connectivity index (χ2v) is 12.3. The van der Waals surface area contributed by atoms with Gasteiger partial charge in [-0.05, 0) is 72.9 Å². The number of anilines is 2. The number of urea groups is 2. The van der Waals surface area contributed by atoms with E-state index in [1.54, 1.807) is 9.80 Å². The Morgan fingerprint density at radius 2 is 1.69 bits per heavy atom. The predicted molar refractivity (Wildman–Crippen MR) is 158 cm³/mol. The van der Waals surface area contributed by atoms with Gasteiger partial charge in [0.05, 0.1) is 5.56 Å². The van der Waals surface area contributed by atoms with Crippen molar-refractivity contribution in [3.8, 4) is 0 Å². The quantitative estimate of drug-likeness (QED) is 0.357. The first-order chi connectivity index (χ1) is 19.9. The van der Waals surface area contributed by atoms with Crippen LogP contribution in [0.15, 0.2) is 60.2 Å². The van der Waals surface area contributed by atoms with Crippen molar-refractivity contribution in [2.75, 3.05) is 56.4 Å². The second-order valence-electron chi connectivity index (χ2n) is 12.3. The van der Waals surface area contributed by atoms with Crippen LogP contribution in [-0.4, -0.2) is 72.6 Å². The largest absolute Gasteiger partial charge is 0.416 e. The summed E-state index contributed by atoms with van der Waals surface area (Å²) in [4.78, 5) is 32.1. The van der Waals surface area contributed by atoms with Crippen molar-refractivity contribution in [2.24, 2.45) is 17.3 Å². The predicted octanol–water partition coefficient (Wildman–Crippen LogP) is 6.69. The fourth-order valence-electron chi connectivity index (χ4n) is 6.42. The van der Waals surface area contributed by atoms with E-state index in [0.717, 1.165) is 36.2 Å². The average Bonchev–Trinajstić information content (AvgIpc) is 2.96. The first kappa shape index (κ1) is 29.9. The molecule has 42 heavy (non-hydrogen) atoms. The van der Waals surface area contributed by atoms with Gasteiger partial charge in [-0.25, -0.2) is 9.59 Å².